The van der Waals surface area contributed by atoms with Crippen molar-refractivity contribution in [3.8, 4) is 12.3 Å². The van der Waals surface area contributed by atoms with Crippen molar-refractivity contribution in [2.45, 2.75) is 88.1 Å². The first-order valence-electron chi connectivity index (χ1n) is 12.8. The normalized spacial score (nSPS) is 37.4. The number of hydrogen-bond acceptors (Lipinski definition) is 2. The van der Waals surface area contributed by atoms with Crippen LogP contribution in [0.1, 0.15) is 87.7 Å². The lowest BCUT2D eigenvalue weighted by molar-refractivity contribution is -0.209. The summed E-state index contributed by atoms with van der Waals surface area (Å²) < 4.78 is 30.3. The lowest BCUT2D eigenvalue weighted by atomic mass is 9.50. The van der Waals surface area contributed by atoms with Crippen molar-refractivity contribution in [3.63, 3.8) is 0 Å². The molecule has 6 rings (SSSR count). The smallest absolute Gasteiger partial charge is 0.336 e. The standard InChI is InChI=1S/C30H32F2O2/c1-3-30(31,32)29(34)15-14-26-24-12-10-21-16-22(33)11-13-23(21)27(24)25(17-28(26,29)2)20-8-6-19(7-9-20)18-4-5-18/h1,6-9,16,18,24-26,34H,4-5,10-15,17H2,2H3/t24-,25-,26-,28-,29-/m0/s1. The molecule has 34 heavy (non-hydrogen) atoms. The minimum atomic E-state index is -3.57. The Bertz CT molecular complexity index is 1150. The Kier molecular flexibility index (Phi) is 4.82. The zero-order valence-corrected chi connectivity index (χ0v) is 19.7. The van der Waals surface area contributed by atoms with Gasteiger partial charge in [-0.1, -0.05) is 36.8 Å². The van der Waals surface area contributed by atoms with E-state index in [2.05, 4.69) is 24.3 Å². The van der Waals surface area contributed by atoms with Crippen LogP contribution in [-0.2, 0) is 4.79 Å². The first-order chi connectivity index (χ1) is 16.2. The summed E-state index contributed by atoms with van der Waals surface area (Å²) in [5.41, 5.74) is 3.07. The van der Waals surface area contributed by atoms with Crippen LogP contribution >= 0.6 is 0 Å². The van der Waals surface area contributed by atoms with Gasteiger partial charge < -0.3 is 5.11 Å². The van der Waals surface area contributed by atoms with Crippen LogP contribution in [0, 0.1) is 29.6 Å². The Balaban J connectivity index is 1.50. The number of carbonyl (C=O) groups is 1. The molecular formula is C30H32F2O2. The summed E-state index contributed by atoms with van der Waals surface area (Å²) in [5.74, 6) is -1.05. The average molecular weight is 463 g/mol. The number of carbonyl (C=O) groups excluding carboxylic acids is 1. The highest BCUT2D eigenvalue weighted by atomic mass is 19.3. The molecular weight excluding hydrogens is 430 g/mol. The number of ketones is 1. The number of terminal acetylenes is 1. The molecule has 0 aromatic heterocycles. The van der Waals surface area contributed by atoms with Crippen LogP contribution in [0.15, 0.2) is 47.1 Å². The molecule has 0 radical (unpaired) electrons. The first kappa shape index (κ1) is 22.2. The van der Waals surface area contributed by atoms with E-state index in [9.17, 15) is 9.90 Å². The van der Waals surface area contributed by atoms with Gasteiger partial charge >= 0.3 is 5.92 Å². The monoisotopic (exact) mass is 462 g/mol. The molecule has 5 atom stereocenters. The number of aliphatic hydroxyl groups is 1. The molecule has 0 aliphatic heterocycles. The molecule has 0 heterocycles. The number of rotatable bonds is 3. The third-order valence-electron chi connectivity index (χ3n) is 9.97. The average Bonchev–Trinajstić information content (AvgIpc) is 3.64. The predicted molar refractivity (Wildman–Crippen MR) is 127 cm³/mol. The second-order valence-electron chi connectivity index (χ2n) is 11.6. The van der Waals surface area contributed by atoms with Crippen molar-refractivity contribution in [3.05, 3.63) is 58.2 Å². The Morgan fingerprint density at radius 2 is 1.76 bits per heavy atom. The van der Waals surface area contributed by atoms with Gasteiger partial charge in [0.15, 0.2) is 5.78 Å². The van der Waals surface area contributed by atoms with Crippen LogP contribution in [0.5, 0.6) is 0 Å². The molecule has 0 amide bonds. The van der Waals surface area contributed by atoms with Crippen molar-refractivity contribution in [1.29, 1.82) is 0 Å². The lowest BCUT2D eigenvalue weighted by Gasteiger charge is -2.55. The second-order valence-corrected chi connectivity index (χ2v) is 11.6. The van der Waals surface area contributed by atoms with Gasteiger partial charge in [0.05, 0.1) is 0 Å². The Morgan fingerprint density at radius 3 is 2.44 bits per heavy atom. The molecule has 5 aliphatic carbocycles. The molecule has 0 spiro atoms. The van der Waals surface area contributed by atoms with Crippen LogP contribution in [0.2, 0.25) is 0 Å². The Labute approximate surface area is 200 Å². The van der Waals surface area contributed by atoms with Gasteiger partial charge in [0.1, 0.15) is 5.60 Å². The van der Waals surface area contributed by atoms with E-state index in [1.807, 2.05) is 13.0 Å². The van der Waals surface area contributed by atoms with Gasteiger partial charge in [0, 0.05) is 17.8 Å². The van der Waals surface area contributed by atoms with E-state index >= 15 is 8.78 Å². The third kappa shape index (κ3) is 2.99. The fourth-order valence-electron chi connectivity index (χ4n) is 8.02. The largest absolute Gasteiger partial charge is 0.382 e. The highest BCUT2D eigenvalue weighted by Crippen LogP contribution is 2.69. The molecule has 1 aromatic carbocycles. The number of halogens is 2. The van der Waals surface area contributed by atoms with Gasteiger partial charge in [-0.15, -0.1) is 6.42 Å². The van der Waals surface area contributed by atoms with Gasteiger partial charge in [-0.2, -0.15) is 8.78 Å². The first-order valence-corrected chi connectivity index (χ1v) is 12.8. The minimum Gasteiger partial charge on any atom is -0.382 e. The van der Waals surface area contributed by atoms with Gasteiger partial charge in [-0.25, -0.2) is 0 Å². The molecule has 1 aromatic rings. The second kappa shape index (κ2) is 7.37. The molecule has 0 unspecified atom stereocenters. The Morgan fingerprint density at radius 1 is 1.06 bits per heavy atom. The van der Waals surface area contributed by atoms with Crippen molar-refractivity contribution >= 4 is 5.78 Å². The molecule has 2 nitrogen and oxygen atoms in total. The van der Waals surface area contributed by atoms with Gasteiger partial charge in [-0.3, -0.25) is 4.79 Å². The number of benzene rings is 1. The third-order valence-corrected chi connectivity index (χ3v) is 9.97. The van der Waals surface area contributed by atoms with Crippen LogP contribution in [-0.4, -0.2) is 22.4 Å². The zero-order valence-electron chi connectivity index (χ0n) is 19.7. The van der Waals surface area contributed by atoms with E-state index < -0.39 is 16.9 Å². The van der Waals surface area contributed by atoms with Gasteiger partial charge in [0.25, 0.3) is 0 Å². The molecule has 0 saturated heterocycles. The summed E-state index contributed by atoms with van der Waals surface area (Å²) in [6.07, 6.45) is 13.5. The van der Waals surface area contributed by atoms with Crippen LogP contribution in [0.25, 0.3) is 0 Å². The van der Waals surface area contributed by atoms with Crippen molar-refractivity contribution in [1.82, 2.24) is 0 Å². The molecule has 3 fully saturated rings. The molecule has 4 heteroatoms. The fraction of sp³-hybridized carbons (Fsp3) is 0.567. The topological polar surface area (TPSA) is 37.3 Å². The predicted octanol–water partition coefficient (Wildman–Crippen LogP) is 6.46. The summed E-state index contributed by atoms with van der Waals surface area (Å²) in [4.78, 5) is 12.2. The molecule has 178 valence electrons. The number of alkyl halides is 2. The van der Waals surface area contributed by atoms with E-state index in [1.165, 1.54) is 29.6 Å². The minimum absolute atomic E-state index is 0.0268. The number of hydrogen-bond donors (Lipinski definition) is 1. The van der Waals surface area contributed by atoms with E-state index in [-0.39, 0.29) is 30.0 Å². The van der Waals surface area contributed by atoms with Crippen molar-refractivity contribution in [2.24, 2.45) is 17.3 Å². The SMILES string of the molecule is C#CC(F)(F)[C@]1(O)CC[C@H]2[C@@H]3CCC4=CC(=O)CCC4=C3[C@H](c3ccc(C4CC4)cc3)C[C@@]21C. The van der Waals surface area contributed by atoms with Gasteiger partial charge in [0.2, 0.25) is 0 Å². The van der Waals surface area contributed by atoms with Gasteiger partial charge in [-0.05, 0) is 103 Å². The summed E-state index contributed by atoms with van der Waals surface area (Å²) in [6, 6.07) is 8.74. The number of fused-ring (bicyclic) bond motifs is 4. The Hall–Kier alpha value is -2.25. The van der Waals surface area contributed by atoms with Crippen LogP contribution in [0.4, 0.5) is 8.78 Å². The highest BCUT2D eigenvalue weighted by Gasteiger charge is 2.71. The zero-order chi connectivity index (χ0) is 23.9. The summed E-state index contributed by atoms with van der Waals surface area (Å²) in [6.45, 7) is 1.86. The van der Waals surface area contributed by atoms with Crippen LogP contribution < -0.4 is 0 Å². The van der Waals surface area contributed by atoms with E-state index in [0.29, 0.717) is 25.2 Å². The molecule has 5 aliphatic rings. The molecule has 0 bridgehead atoms. The quantitative estimate of drug-likeness (QED) is 0.523. The van der Waals surface area contributed by atoms with E-state index in [0.717, 1.165) is 30.4 Å². The maximum atomic E-state index is 15.1. The maximum absolute atomic E-state index is 15.1. The summed E-state index contributed by atoms with van der Waals surface area (Å²) in [5, 5.41) is 11.6. The van der Waals surface area contributed by atoms with Crippen LogP contribution in [0.3, 0.4) is 0 Å². The summed E-state index contributed by atoms with van der Waals surface area (Å²) in [7, 11) is 0. The summed E-state index contributed by atoms with van der Waals surface area (Å²) >= 11 is 0. The molecule has 3 saturated carbocycles. The van der Waals surface area contributed by atoms with E-state index in [1.54, 1.807) is 5.92 Å². The molecule has 1 N–H and O–H groups in total. The highest BCUT2D eigenvalue weighted by molar-refractivity contribution is 5.93. The fourth-order valence-corrected chi connectivity index (χ4v) is 8.02. The van der Waals surface area contributed by atoms with Crippen molar-refractivity contribution < 1.29 is 18.7 Å². The van der Waals surface area contributed by atoms with Crippen molar-refractivity contribution in [2.75, 3.05) is 0 Å². The maximum Gasteiger partial charge on any atom is 0.336 e. The lowest BCUT2D eigenvalue weighted by Crippen LogP contribution is -2.60. The van der Waals surface area contributed by atoms with E-state index in [4.69, 9.17) is 6.42 Å². The number of allylic oxidation sites excluding steroid dienone is 4.